The van der Waals surface area contributed by atoms with E-state index in [1.165, 1.54) is 48.5 Å². The van der Waals surface area contributed by atoms with E-state index in [0.29, 0.717) is 43.1 Å². The van der Waals surface area contributed by atoms with Crippen molar-refractivity contribution < 1.29 is 23.2 Å². The fraction of sp³-hybridized carbons (Fsp3) is 0.208. The fourth-order valence-corrected chi connectivity index (χ4v) is 3.68. The van der Waals surface area contributed by atoms with Gasteiger partial charge in [0.2, 0.25) is 5.91 Å². The molecule has 7 nitrogen and oxygen atoms in total. The Labute approximate surface area is 189 Å². The molecule has 1 N–H and O–H groups in total. The van der Waals surface area contributed by atoms with Gasteiger partial charge in [-0.3, -0.25) is 14.4 Å². The first-order valence-corrected chi connectivity index (χ1v) is 10.5. The lowest BCUT2D eigenvalue weighted by Gasteiger charge is -2.35. The number of carbonyl (C=O) groups is 3. The smallest absolute Gasteiger partial charge is 0.270 e. The van der Waals surface area contributed by atoms with Crippen molar-refractivity contribution in [3.63, 3.8) is 0 Å². The number of anilines is 1. The average Bonchev–Trinajstić information content (AvgIpc) is 3.28. The lowest BCUT2D eigenvalue weighted by atomic mass is 10.1. The molecule has 0 saturated carbocycles. The molecule has 1 saturated heterocycles. The summed E-state index contributed by atoms with van der Waals surface area (Å²) in [4.78, 5) is 41.3. The first-order valence-electron chi connectivity index (χ1n) is 10.5. The molecule has 1 aliphatic heterocycles. The average molecular weight is 452 g/mol. The lowest BCUT2D eigenvalue weighted by molar-refractivity contribution is -0.116. The Bertz CT molecular complexity index is 1150. The Hall–Kier alpha value is -4.01. The number of benzene rings is 2. The molecule has 0 radical (unpaired) electrons. The number of piperazine rings is 1. The van der Waals surface area contributed by atoms with Crippen LogP contribution in [0, 0.1) is 11.6 Å². The summed E-state index contributed by atoms with van der Waals surface area (Å²) in [5, 5.41) is 2.67. The van der Waals surface area contributed by atoms with E-state index in [9.17, 15) is 23.2 Å². The van der Waals surface area contributed by atoms with Crippen molar-refractivity contribution in [2.75, 3.05) is 31.5 Å². The number of nitrogens with zero attached hydrogens (tertiary/aromatic N) is 3. The van der Waals surface area contributed by atoms with Gasteiger partial charge in [-0.15, -0.1) is 0 Å². The second-order valence-corrected chi connectivity index (χ2v) is 7.67. The first kappa shape index (κ1) is 22.2. The van der Waals surface area contributed by atoms with E-state index in [1.807, 2.05) is 0 Å². The van der Waals surface area contributed by atoms with Gasteiger partial charge in [0.05, 0.1) is 0 Å². The summed E-state index contributed by atoms with van der Waals surface area (Å²) < 4.78 is 27.7. The van der Waals surface area contributed by atoms with E-state index in [2.05, 4.69) is 5.32 Å². The summed E-state index contributed by atoms with van der Waals surface area (Å²) in [6.45, 7) is 1.33. The highest BCUT2D eigenvalue weighted by Gasteiger charge is 2.27. The number of hydrogen-bond donors (Lipinski definition) is 1. The van der Waals surface area contributed by atoms with Gasteiger partial charge < -0.3 is 19.7 Å². The van der Waals surface area contributed by atoms with Crippen LogP contribution < -0.4 is 5.32 Å². The fourth-order valence-electron chi connectivity index (χ4n) is 3.68. The maximum atomic E-state index is 13.1. The topological polar surface area (TPSA) is 74.7 Å². The second kappa shape index (κ2) is 9.64. The third-order valence-corrected chi connectivity index (χ3v) is 5.44. The minimum atomic E-state index is -0.406. The van der Waals surface area contributed by atoms with E-state index < -0.39 is 11.6 Å². The molecule has 33 heavy (non-hydrogen) atoms. The summed E-state index contributed by atoms with van der Waals surface area (Å²) in [6, 6.07) is 14.1. The number of rotatable bonds is 5. The van der Waals surface area contributed by atoms with Gasteiger partial charge in [0.25, 0.3) is 11.8 Å². The summed E-state index contributed by atoms with van der Waals surface area (Å²) in [7, 11) is 0. The standard InChI is InChI=1S/C24H22F2N4O3/c25-18-5-3-17(4-6-18)23(32)28-12-14-29(15-13-28)24(33)21-2-1-11-30(21)16-22(31)27-20-9-7-19(26)8-10-20/h1-11H,12-16H2,(H,27,31). The normalized spacial score (nSPS) is 13.6. The molecule has 170 valence electrons. The van der Waals surface area contributed by atoms with E-state index in [1.54, 1.807) is 32.7 Å². The summed E-state index contributed by atoms with van der Waals surface area (Å²) in [6.07, 6.45) is 1.64. The number of hydrogen-bond acceptors (Lipinski definition) is 3. The van der Waals surface area contributed by atoms with E-state index in [4.69, 9.17) is 0 Å². The molecule has 0 bridgehead atoms. The molecular formula is C24H22F2N4O3. The highest BCUT2D eigenvalue weighted by molar-refractivity contribution is 5.96. The van der Waals surface area contributed by atoms with Crippen molar-refractivity contribution in [2.24, 2.45) is 0 Å². The molecule has 3 amide bonds. The number of amides is 3. The lowest BCUT2D eigenvalue weighted by Crippen LogP contribution is -2.51. The van der Waals surface area contributed by atoms with Crippen LogP contribution in [0.3, 0.4) is 0 Å². The van der Waals surface area contributed by atoms with Crippen LogP contribution in [-0.4, -0.2) is 58.3 Å². The van der Waals surface area contributed by atoms with Crippen LogP contribution in [0.25, 0.3) is 0 Å². The van der Waals surface area contributed by atoms with Crippen LogP contribution in [0.1, 0.15) is 20.8 Å². The SMILES string of the molecule is O=C(Cn1cccc1C(=O)N1CCN(C(=O)c2ccc(F)cc2)CC1)Nc1ccc(F)cc1. The zero-order valence-corrected chi connectivity index (χ0v) is 17.7. The van der Waals surface area contributed by atoms with E-state index >= 15 is 0 Å². The number of nitrogens with one attached hydrogen (secondary N) is 1. The molecule has 2 heterocycles. The minimum Gasteiger partial charge on any atom is -0.335 e. The highest BCUT2D eigenvalue weighted by atomic mass is 19.1. The van der Waals surface area contributed by atoms with Crippen molar-refractivity contribution in [3.05, 3.63) is 89.8 Å². The monoisotopic (exact) mass is 452 g/mol. The molecule has 1 aliphatic rings. The Morgan fingerprint density at radius 3 is 1.91 bits per heavy atom. The summed E-state index contributed by atoms with van der Waals surface area (Å²) in [5.74, 6) is -1.59. The van der Waals surface area contributed by atoms with Gasteiger partial charge >= 0.3 is 0 Å². The van der Waals surface area contributed by atoms with Gasteiger partial charge in [0.15, 0.2) is 0 Å². The van der Waals surface area contributed by atoms with Crippen LogP contribution in [0.5, 0.6) is 0 Å². The first-order chi connectivity index (χ1) is 15.9. The Morgan fingerprint density at radius 2 is 1.30 bits per heavy atom. The predicted octanol–water partition coefficient (Wildman–Crippen LogP) is 3.00. The van der Waals surface area contributed by atoms with Crippen LogP contribution in [0.15, 0.2) is 66.9 Å². The maximum absolute atomic E-state index is 13.1. The molecule has 2 aromatic carbocycles. The van der Waals surface area contributed by atoms with Crippen LogP contribution >= 0.6 is 0 Å². The summed E-state index contributed by atoms with van der Waals surface area (Å²) in [5.41, 5.74) is 1.23. The zero-order chi connectivity index (χ0) is 23.4. The largest absolute Gasteiger partial charge is 0.335 e. The van der Waals surface area contributed by atoms with Crippen molar-refractivity contribution in [1.29, 1.82) is 0 Å². The zero-order valence-electron chi connectivity index (χ0n) is 17.7. The van der Waals surface area contributed by atoms with Crippen LogP contribution in [0.4, 0.5) is 14.5 Å². The third kappa shape index (κ3) is 5.25. The molecule has 0 aliphatic carbocycles. The predicted molar refractivity (Wildman–Crippen MR) is 118 cm³/mol. The van der Waals surface area contributed by atoms with Crippen LogP contribution in [-0.2, 0) is 11.3 Å². The molecule has 4 rings (SSSR count). The molecule has 0 spiro atoms. The molecular weight excluding hydrogens is 430 g/mol. The Kier molecular flexibility index (Phi) is 6.48. The Balaban J connectivity index is 1.34. The Morgan fingerprint density at radius 1 is 0.758 bits per heavy atom. The summed E-state index contributed by atoms with van der Waals surface area (Å²) >= 11 is 0. The van der Waals surface area contributed by atoms with Gasteiger partial charge in [0, 0.05) is 43.6 Å². The van der Waals surface area contributed by atoms with Gasteiger partial charge in [-0.05, 0) is 60.7 Å². The second-order valence-electron chi connectivity index (χ2n) is 7.67. The van der Waals surface area contributed by atoms with Crippen LogP contribution in [0.2, 0.25) is 0 Å². The number of carbonyl (C=O) groups excluding carboxylic acids is 3. The molecule has 1 aromatic heterocycles. The molecule has 0 unspecified atom stereocenters. The molecule has 1 fully saturated rings. The highest BCUT2D eigenvalue weighted by Crippen LogP contribution is 2.14. The minimum absolute atomic E-state index is 0.0749. The van der Waals surface area contributed by atoms with E-state index in [-0.39, 0.29) is 24.3 Å². The molecule has 9 heteroatoms. The van der Waals surface area contributed by atoms with Gasteiger partial charge in [0.1, 0.15) is 23.9 Å². The number of aromatic nitrogens is 1. The third-order valence-electron chi connectivity index (χ3n) is 5.44. The quantitative estimate of drug-likeness (QED) is 0.647. The van der Waals surface area contributed by atoms with E-state index in [0.717, 1.165) is 0 Å². The van der Waals surface area contributed by atoms with Crippen molar-refractivity contribution in [3.8, 4) is 0 Å². The van der Waals surface area contributed by atoms with Crippen molar-refractivity contribution >= 4 is 23.4 Å². The van der Waals surface area contributed by atoms with Gasteiger partial charge in [-0.25, -0.2) is 8.78 Å². The molecule has 3 aromatic rings. The maximum Gasteiger partial charge on any atom is 0.270 e. The van der Waals surface area contributed by atoms with Gasteiger partial charge in [-0.1, -0.05) is 0 Å². The van der Waals surface area contributed by atoms with Gasteiger partial charge in [-0.2, -0.15) is 0 Å². The number of halogens is 2. The van der Waals surface area contributed by atoms with Crippen molar-refractivity contribution in [1.82, 2.24) is 14.4 Å². The van der Waals surface area contributed by atoms with Crippen molar-refractivity contribution in [2.45, 2.75) is 6.54 Å². The molecule has 0 atom stereocenters.